The van der Waals surface area contributed by atoms with Crippen LogP contribution in [0.2, 0.25) is 0 Å². The summed E-state index contributed by atoms with van der Waals surface area (Å²) in [5, 5.41) is 6.44. The second-order valence-corrected chi connectivity index (χ2v) is 4.20. The van der Waals surface area contributed by atoms with Crippen LogP contribution in [0, 0.1) is 12.8 Å². The minimum absolute atomic E-state index is 0.0770. The Morgan fingerprint density at radius 1 is 1.60 bits per heavy atom. The fourth-order valence-electron chi connectivity index (χ4n) is 2.10. The normalized spacial score (nSPS) is 16.9. The molecule has 0 radical (unpaired) electrons. The molecule has 1 saturated carbocycles. The summed E-state index contributed by atoms with van der Waals surface area (Å²) in [6.07, 6.45) is 7.09. The van der Waals surface area contributed by atoms with Gasteiger partial charge in [0, 0.05) is 6.42 Å². The minimum atomic E-state index is 0.0770. The van der Waals surface area contributed by atoms with E-state index in [0.29, 0.717) is 23.8 Å². The SMILES string of the molecule is Cc1oncc1NC(=O)CC1CCCC1. The molecule has 1 fully saturated rings. The van der Waals surface area contributed by atoms with E-state index in [9.17, 15) is 4.79 Å². The van der Waals surface area contributed by atoms with Crippen molar-refractivity contribution in [3.05, 3.63) is 12.0 Å². The van der Waals surface area contributed by atoms with Crippen LogP contribution < -0.4 is 5.32 Å². The van der Waals surface area contributed by atoms with Gasteiger partial charge in [-0.15, -0.1) is 0 Å². The molecule has 2 rings (SSSR count). The second-order valence-electron chi connectivity index (χ2n) is 4.20. The summed E-state index contributed by atoms with van der Waals surface area (Å²) in [5.74, 6) is 1.31. The largest absolute Gasteiger partial charge is 0.359 e. The third-order valence-corrected chi connectivity index (χ3v) is 2.97. The first-order chi connectivity index (χ1) is 7.25. The van der Waals surface area contributed by atoms with Gasteiger partial charge in [0.1, 0.15) is 5.69 Å². The number of rotatable bonds is 3. The molecule has 0 aliphatic heterocycles. The Morgan fingerprint density at radius 3 is 2.93 bits per heavy atom. The van der Waals surface area contributed by atoms with Gasteiger partial charge in [-0.3, -0.25) is 4.79 Å². The van der Waals surface area contributed by atoms with Crippen LogP contribution in [0.3, 0.4) is 0 Å². The molecule has 1 aliphatic rings. The van der Waals surface area contributed by atoms with Gasteiger partial charge in [0.25, 0.3) is 0 Å². The molecule has 4 nitrogen and oxygen atoms in total. The highest BCUT2D eigenvalue weighted by Gasteiger charge is 2.19. The number of amides is 1. The molecule has 0 spiro atoms. The van der Waals surface area contributed by atoms with Gasteiger partial charge in [-0.05, 0) is 25.7 Å². The zero-order chi connectivity index (χ0) is 10.7. The van der Waals surface area contributed by atoms with Crippen LogP contribution in [-0.4, -0.2) is 11.1 Å². The van der Waals surface area contributed by atoms with Crippen molar-refractivity contribution >= 4 is 11.6 Å². The Labute approximate surface area is 89.0 Å². The summed E-state index contributed by atoms with van der Waals surface area (Å²) in [4.78, 5) is 11.6. The van der Waals surface area contributed by atoms with E-state index in [4.69, 9.17) is 4.52 Å². The van der Waals surface area contributed by atoms with Crippen LogP contribution in [0.5, 0.6) is 0 Å². The van der Waals surface area contributed by atoms with Gasteiger partial charge in [-0.25, -0.2) is 0 Å². The molecule has 0 saturated heterocycles. The van der Waals surface area contributed by atoms with E-state index in [1.54, 1.807) is 13.1 Å². The lowest BCUT2D eigenvalue weighted by Crippen LogP contribution is -2.15. The molecule has 1 aromatic heterocycles. The smallest absolute Gasteiger partial charge is 0.224 e. The van der Waals surface area contributed by atoms with E-state index >= 15 is 0 Å². The number of anilines is 1. The summed E-state index contributed by atoms with van der Waals surface area (Å²) in [7, 11) is 0. The number of hydrogen-bond acceptors (Lipinski definition) is 3. The van der Waals surface area contributed by atoms with Crippen LogP contribution in [0.15, 0.2) is 10.7 Å². The van der Waals surface area contributed by atoms with E-state index in [1.807, 2.05) is 0 Å². The van der Waals surface area contributed by atoms with Gasteiger partial charge >= 0.3 is 0 Å². The zero-order valence-electron chi connectivity index (χ0n) is 8.95. The van der Waals surface area contributed by atoms with Crippen LogP contribution in [0.1, 0.15) is 37.9 Å². The number of aryl methyl sites for hydroxylation is 1. The Hall–Kier alpha value is -1.32. The zero-order valence-corrected chi connectivity index (χ0v) is 8.95. The molecule has 0 unspecified atom stereocenters. The van der Waals surface area contributed by atoms with E-state index < -0.39 is 0 Å². The number of hydrogen-bond donors (Lipinski definition) is 1. The predicted molar refractivity (Wildman–Crippen MR) is 56.4 cm³/mol. The third-order valence-electron chi connectivity index (χ3n) is 2.97. The van der Waals surface area contributed by atoms with E-state index in [-0.39, 0.29) is 5.91 Å². The maximum absolute atomic E-state index is 11.6. The highest BCUT2D eigenvalue weighted by atomic mass is 16.5. The molecule has 1 aliphatic carbocycles. The van der Waals surface area contributed by atoms with Gasteiger partial charge in [0.15, 0.2) is 5.76 Å². The molecule has 82 valence electrons. The monoisotopic (exact) mass is 208 g/mol. The first-order valence-corrected chi connectivity index (χ1v) is 5.47. The summed E-state index contributed by atoms with van der Waals surface area (Å²) < 4.78 is 4.87. The lowest BCUT2D eigenvalue weighted by Gasteiger charge is -2.08. The van der Waals surface area contributed by atoms with Crippen LogP contribution in [0.4, 0.5) is 5.69 Å². The molecule has 1 N–H and O–H groups in total. The highest BCUT2D eigenvalue weighted by molar-refractivity contribution is 5.91. The molecule has 0 aromatic carbocycles. The Balaban J connectivity index is 1.84. The van der Waals surface area contributed by atoms with Crippen LogP contribution in [-0.2, 0) is 4.79 Å². The van der Waals surface area contributed by atoms with Gasteiger partial charge in [0.05, 0.1) is 6.20 Å². The molecule has 15 heavy (non-hydrogen) atoms. The van der Waals surface area contributed by atoms with Crippen molar-refractivity contribution < 1.29 is 9.32 Å². The maximum atomic E-state index is 11.6. The number of carbonyl (C=O) groups is 1. The van der Waals surface area contributed by atoms with Crippen molar-refractivity contribution in [3.8, 4) is 0 Å². The van der Waals surface area contributed by atoms with Gasteiger partial charge in [-0.2, -0.15) is 0 Å². The van der Waals surface area contributed by atoms with Gasteiger partial charge < -0.3 is 9.84 Å². The van der Waals surface area contributed by atoms with Crippen molar-refractivity contribution in [2.45, 2.75) is 39.0 Å². The third kappa shape index (κ3) is 2.58. The lowest BCUT2D eigenvalue weighted by molar-refractivity contribution is -0.117. The predicted octanol–water partition coefficient (Wildman–Crippen LogP) is 2.50. The van der Waals surface area contributed by atoms with Crippen molar-refractivity contribution in [3.63, 3.8) is 0 Å². The van der Waals surface area contributed by atoms with Gasteiger partial charge in [-0.1, -0.05) is 18.0 Å². The second kappa shape index (κ2) is 4.47. The van der Waals surface area contributed by atoms with E-state index in [1.165, 1.54) is 25.7 Å². The van der Waals surface area contributed by atoms with Crippen molar-refractivity contribution in [2.24, 2.45) is 5.92 Å². The minimum Gasteiger partial charge on any atom is -0.359 e. The van der Waals surface area contributed by atoms with E-state index in [0.717, 1.165) is 0 Å². The molecule has 1 heterocycles. The Kier molecular flexibility index (Phi) is 3.04. The number of carbonyl (C=O) groups excluding carboxylic acids is 1. The highest BCUT2D eigenvalue weighted by Crippen LogP contribution is 2.27. The quantitative estimate of drug-likeness (QED) is 0.830. The summed E-state index contributed by atoms with van der Waals surface area (Å²) in [5.41, 5.74) is 0.693. The molecule has 1 amide bonds. The topological polar surface area (TPSA) is 55.1 Å². The maximum Gasteiger partial charge on any atom is 0.224 e. The molecule has 4 heteroatoms. The standard InChI is InChI=1S/C11H16N2O2/c1-8-10(7-12-15-8)13-11(14)6-9-4-2-3-5-9/h7,9H,2-6H2,1H3,(H,13,14). The molecule has 0 bridgehead atoms. The summed E-state index contributed by atoms with van der Waals surface area (Å²) >= 11 is 0. The van der Waals surface area contributed by atoms with Crippen molar-refractivity contribution in [1.29, 1.82) is 0 Å². The van der Waals surface area contributed by atoms with Gasteiger partial charge in [0.2, 0.25) is 5.91 Å². The van der Waals surface area contributed by atoms with E-state index in [2.05, 4.69) is 10.5 Å². The van der Waals surface area contributed by atoms with Crippen molar-refractivity contribution in [1.82, 2.24) is 5.16 Å². The van der Waals surface area contributed by atoms with Crippen LogP contribution in [0.25, 0.3) is 0 Å². The fourth-order valence-corrected chi connectivity index (χ4v) is 2.10. The first-order valence-electron chi connectivity index (χ1n) is 5.47. The fraction of sp³-hybridized carbons (Fsp3) is 0.636. The molecule has 1 aromatic rings. The number of aromatic nitrogens is 1. The average Bonchev–Trinajstić information content (AvgIpc) is 2.79. The number of nitrogens with one attached hydrogen (secondary N) is 1. The van der Waals surface area contributed by atoms with Crippen LogP contribution >= 0.6 is 0 Å². The Morgan fingerprint density at radius 2 is 2.33 bits per heavy atom. The molecular weight excluding hydrogens is 192 g/mol. The molecule has 0 atom stereocenters. The van der Waals surface area contributed by atoms with Crippen molar-refractivity contribution in [2.75, 3.05) is 5.32 Å². The summed E-state index contributed by atoms with van der Waals surface area (Å²) in [6.45, 7) is 1.79. The first kappa shape index (κ1) is 10.2. The lowest BCUT2D eigenvalue weighted by atomic mass is 10.0. The number of nitrogens with zero attached hydrogens (tertiary/aromatic N) is 1. The average molecular weight is 208 g/mol. The summed E-state index contributed by atoms with van der Waals surface area (Å²) in [6, 6.07) is 0. The molecular formula is C11H16N2O2. The Bertz CT molecular complexity index is 340.